The molecule has 0 radical (unpaired) electrons. The molecule has 0 saturated heterocycles. The summed E-state index contributed by atoms with van der Waals surface area (Å²) in [6.45, 7) is 3.75. The number of nitrogens with zero attached hydrogens (tertiary/aromatic N) is 3. The third-order valence-electron chi connectivity index (χ3n) is 2.38. The molecule has 0 N–H and O–H groups in total. The Bertz CT molecular complexity index is 574. The van der Waals surface area contributed by atoms with E-state index in [1.807, 2.05) is 31.5 Å². The van der Waals surface area contributed by atoms with Crippen LogP contribution in [0.4, 0.5) is 0 Å². The van der Waals surface area contributed by atoms with E-state index in [2.05, 4.69) is 22.0 Å². The number of furan rings is 1. The van der Waals surface area contributed by atoms with Crippen LogP contribution in [0.5, 0.6) is 0 Å². The van der Waals surface area contributed by atoms with Gasteiger partial charge in [-0.25, -0.2) is 0 Å². The number of thioether (sulfide) groups is 1. The first kappa shape index (κ1) is 11.8. The molecule has 0 fully saturated rings. The maximum atomic E-state index is 5.27. The smallest absolute Gasteiger partial charge is 0.192 e. The Morgan fingerprint density at radius 1 is 1.47 bits per heavy atom. The maximum Gasteiger partial charge on any atom is 0.192 e. The molecule has 0 aromatic carbocycles. The van der Waals surface area contributed by atoms with Crippen LogP contribution >= 0.6 is 11.8 Å². The van der Waals surface area contributed by atoms with E-state index in [9.17, 15) is 0 Å². The molecule has 0 amide bonds. The molecule has 0 spiro atoms. The molecule has 0 unspecified atom stereocenters. The van der Waals surface area contributed by atoms with Crippen LogP contribution < -0.4 is 0 Å². The predicted octanol–water partition coefficient (Wildman–Crippen LogP) is 2.50. The molecule has 2 aromatic heterocycles. The van der Waals surface area contributed by atoms with Gasteiger partial charge in [-0.2, -0.15) is 0 Å². The maximum absolute atomic E-state index is 5.27. The van der Waals surface area contributed by atoms with Crippen molar-refractivity contribution in [3.63, 3.8) is 0 Å². The fraction of sp³-hybridized carbons (Fsp3) is 0.333. The molecule has 0 aliphatic carbocycles. The van der Waals surface area contributed by atoms with Gasteiger partial charge in [-0.15, -0.1) is 16.1 Å². The van der Waals surface area contributed by atoms with Gasteiger partial charge in [0.05, 0.1) is 17.6 Å². The number of hydrogen-bond acceptors (Lipinski definition) is 4. The van der Waals surface area contributed by atoms with Crippen molar-refractivity contribution in [2.75, 3.05) is 5.75 Å². The van der Waals surface area contributed by atoms with Crippen LogP contribution in [0.25, 0.3) is 11.4 Å². The molecule has 0 bridgehead atoms. The third-order valence-corrected chi connectivity index (χ3v) is 3.29. The Labute approximate surface area is 104 Å². The zero-order valence-electron chi connectivity index (χ0n) is 10.0. The van der Waals surface area contributed by atoms with Gasteiger partial charge >= 0.3 is 0 Å². The van der Waals surface area contributed by atoms with Crippen molar-refractivity contribution in [1.82, 2.24) is 14.8 Å². The molecule has 2 heterocycles. The van der Waals surface area contributed by atoms with Gasteiger partial charge in [0, 0.05) is 7.05 Å². The van der Waals surface area contributed by atoms with Gasteiger partial charge in [0.25, 0.3) is 0 Å². The third kappa shape index (κ3) is 2.37. The lowest BCUT2D eigenvalue weighted by Gasteiger charge is -2.00. The molecule has 0 saturated carbocycles. The summed E-state index contributed by atoms with van der Waals surface area (Å²) >= 11 is 1.58. The number of hydrogen-bond donors (Lipinski definition) is 0. The van der Waals surface area contributed by atoms with Gasteiger partial charge in [0.15, 0.2) is 11.0 Å². The van der Waals surface area contributed by atoms with Gasteiger partial charge in [-0.3, -0.25) is 0 Å². The van der Waals surface area contributed by atoms with Gasteiger partial charge in [0.1, 0.15) is 5.76 Å². The summed E-state index contributed by atoms with van der Waals surface area (Å²) in [5, 5.41) is 9.20. The van der Waals surface area contributed by atoms with Gasteiger partial charge in [-0.1, -0.05) is 17.7 Å². The predicted molar refractivity (Wildman–Crippen MR) is 67.6 cm³/mol. The van der Waals surface area contributed by atoms with Crippen LogP contribution in [0.1, 0.15) is 12.7 Å². The van der Waals surface area contributed by atoms with E-state index in [4.69, 9.17) is 4.42 Å². The van der Waals surface area contributed by atoms with E-state index in [1.54, 1.807) is 18.0 Å². The second kappa shape index (κ2) is 5.11. The molecular weight excluding hydrogens is 234 g/mol. The van der Waals surface area contributed by atoms with Crippen LogP contribution in [-0.2, 0) is 7.05 Å². The Balaban J connectivity index is 2.26. The summed E-state index contributed by atoms with van der Waals surface area (Å²) in [6.07, 6.45) is 1.66. The van der Waals surface area contributed by atoms with Gasteiger partial charge in [0.2, 0.25) is 0 Å². The first-order chi connectivity index (χ1) is 8.24. The summed E-state index contributed by atoms with van der Waals surface area (Å²) in [7, 11) is 1.95. The van der Waals surface area contributed by atoms with E-state index in [0.717, 1.165) is 28.1 Å². The molecule has 5 heteroatoms. The van der Waals surface area contributed by atoms with Crippen molar-refractivity contribution in [2.24, 2.45) is 7.05 Å². The largest absolute Gasteiger partial charge is 0.469 e. The molecule has 2 aromatic rings. The zero-order chi connectivity index (χ0) is 12.3. The molecular formula is C12H13N3OS. The topological polar surface area (TPSA) is 43.9 Å². The molecule has 17 heavy (non-hydrogen) atoms. The average molecular weight is 247 g/mol. The Morgan fingerprint density at radius 2 is 2.29 bits per heavy atom. The van der Waals surface area contributed by atoms with Crippen molar-refractivity contribution in [2.45, 2.75) is 19.0 Å². The Hall–Kier alpha value is -1.67. The molecule has 4 nitrogen and oxygen atoms in total. The van der Waals surface area contributed by atoms with E-state index in [0.29, 0.717) is 0 Å². The van der Waals surface area contributed by atoms with E-state index in [1.165, 1.54) is 0 Å². The zero-order valence-corrected chi connectivity index (χ0v) is 10.8. The van der Waals surface area contributed by atoms with Crippen molar-refractivity contribution in [3.8, 4) is 23.2 Å². The standard InChI is InChI=1S/C12H13N3OS/c1-4-5-8-17-12-14-13-11(15(12)3)10-6-7-16-9(10)2/h6-7H,8H2,1-3H3. The lowest BCUT2D eigenvalue weighted by Crippen LogP contribution is -1.95. The minimum atomic E-state index is 0.729. The molecule has 88 valence electrons. The van der Waals surface area contributed by atoms with E-state index >= 15 is 0 Å². The highest BCUT2D eigenvalue weighted by Gasteiger charge is 2.14. The lowest BCUT2D eigenvalue weighted by molar-refractivity contribution is 0.534. The molecule has 2 rings (SSSR count). The van der Waals surface area contributed by atoms with Crippen molar-refractivity contribution in [1.29, 1.82) is 0 Å². The first-order valence-corrected chi connectivity index (χ1v) is 6.19. The average Bonchev–Trinajstić information content (AvgIpc) is 2.87. The van der Waals surface area contributed by atoms with Crippen molar-refractivity contribution >= 4 is 11.8 Å². The Kier molecular flexibility index (Phi) is 3.55. The lowest BCUT2D eigenvalue weighted by atomic mass is 10.2. The van der Waals surface area contributed by atoms with Crippen molar-refractivity contribution in [3.05, 3.63) is 18.1 Å². The summed E-state index contributed by atoms with van der Waals surface area (Å²) in [5.41, 5.74) is 0.980. The highest BCUT2D eigenvalue weighted by molar-refractivity contribution is 7.99. The van der Waals surface area contributed by atoms with Gasteiger partial charge < -0.3 is 8.98 Å². The number of aromatic nitrogens is 3. The summed E-state index contributed by atoms with van der Waals surface area (Å²) in [4.78, 5) is 0. The highest BCUT2D eigenvalue weighted by atomic mass is 32.2. The quantitative estimate of drug-likeness (QED) is 0.617. The SMILES string of the molecule is CC#CCSc1nnc(-c2ccoc2C)n1C. The summed E-state index contributed by atoms with van der Waals surface area (Å²) < 4.78 is 7.23. The monoisotopic (exact) mass is 247 g/mol. The summed E-state index contributed by atoms with van der Waals surface area (Å²) in [6, 6.07) is 1.90. The van der Waals surface area contributed by atoms with Crippen LogP contribution in [0.2, 0.25) is 0 Å². The second-order valence-corrected chi connectivity index (χ2v) is 4.41. The normalized spacial score (nSPS) is 10.1. The van der Waals surface area contributed by atoms with Crippen LogP contribution in [0.15, 0.2) is 21.9 Å². The molecule has 0 atom stereocenters. The van der Waals surface area contributed by atoms with Crippen molar-refractivity contribution < 1.29 is 4.42 Å². The van der Waals surface area contributed by atoms with E-state index < -0.39 is 0 Å². The van der Waals surface area contributed by atoms with Crippen LogP contribution in [0, 0.1) is 18.8 Å². The minimum Gasteiger partial charge on any atom is -0.469 e. The van der Waals surface area contributed by atoms with Crippen LogP contribution in [0.3, 0.4) is 0 Å². The molecule has 0 aliphatic rings. The summed E-state index contributed by atoms with van der Waals surface area (Å²) in [5.74, 6) is 8.25. The first-order valence-electron chi connectivity index (χ1n) is 5.20. The highest BCUT2D eigenvalue weighted by Crippen LogP contribution is 2.25. The van der Waals surface area contributed by atoms with Crippen LogP contribution in [-0.4, -0.2) is 20.5 Å². The minimum absolute atomic E-state index is 0.729. The Morgan fingerprint density at radius 3 is 2.94 bits per heavy atom. The fourth-order valence-corrected chi connectivity index (χ4v) is 2.19. The van der Waals surface area contributed by atoms with E-state index in [-0.39, 0.29) is 0 Å². The second-order valence-electron chi connectivity index (χ2n) is 3.47. The number of rotatable bonds is 3. The molecule has 0 aliphatic heterocycles. The van der Waals surface area contributed by atoms with Gasteiger partial charge in [-0.05, 0) is 19.9 Å². The number of aryl methyl sites for hydroxylation is 1. The fourth-order valence-electron chi connectivity index (χ4n) is 1.46.